The number of ether oxygens (including phenoxy) is 3. The van der Waals surface area contributed by atoms with Crippen molar-refractivity contribution in [1.29, 1.82) is 0 Å². The van der Waals surface area contributed by atoms with Crippen molar-refractivity contribution >= 4 is 28.9 Å². The fraction of sp³-hybridized carbons (Fsp3) is 0.556. The molecule has 1 aromatic rings. The normalized spacial score (nSPS) is 20.0. The summed E-state index contributed by atoms with van der Waals surface area (Å²) in [5, 5.41) is 3.87. The number of carbonyl (C=O) groups is 1. The van der Waals surface area contributed by atoms with E-state index in [1.54, 1.807) is 14.2 Å². The molecular weight excluding hydrogens is 354 g/mol. The summed E-state index contributed by atoms with van der Waals surface area (Å²) in [4.78, 5) is 16.4. The van der Waals surface area contributed by atoms with Gasteiger partial charge in [0.2, 0.25) is 0 Å². The van der Waals surface area contributed by atoms with Gasteiger partial charge in [0.25, 0.3) is 5.91 Å². The van der Waals surface area contributed by atoms with E-state index in [4.69, 9.17) is 26.4 Å². The Balaban J connectivity index is 1.53. The number of nitrogens with one attached hydrogen (secondary N) is 1. The van der Waals surface area contributed by atoms with Crippen molar-refractivity contribution in [2.24, 2.45) is 0 Å². The van der Waals surface area contributed by atoms with Gasteiger partial charge in [0, 0.05) is 44.5 Å². The lowest BCUT2D eigenvalue weighted by Gasteiger charge is -2.37. The molecule has 0 bridgehead atoms. The zero-order valence-corrected chi connectivity index (χ0v) is 16.0. The molecule has 26 heavy (non-hydrogen) atoms. The summed E-state index contributed by atoms with van der Waals surface area (Å²) < 4.78 is 16.1. The molecule has 2 saturated heterocycles. The molecule has 7 nitrogen and oxygen atoms in total. The number of piperazine rings is 1. The monoisotopic (exact) mass is 379 g/mol. The van der Waals surface area contributed by atoms with E-state index in [-0.39, 0.29) is 12.0 Å². The highest BCUT2D eigenvalue weighted by atomic mass is 32.1. The quantitative estimate of drug-likeness (QED) is 0.799. The second-order valence-corrected chi connectivity index (χ2v) is 6.70. The summed E-state index contributed by atoms with van der Waals surface area (Å²) >= 11 is 5.52. The number of carbonyl (C=O) groups excluding carboxylic acids is 1. The van der Waals surface area contributed by atoms with E-state index in [0.29, 0.717) is 49.4 Å². The fourth-order valence-corrected chi connectivity index (χ4v) is 3.52. The smallest absolute Gasteiger partial charge is 0.251 e. The summed E-state index contributed by atoms with van der Waals surface area (Å²) in [7, 11) is 3.21. The summed E-state index contributed by atoms with van der Waals surface area (Å²) in [6.07, 6.45) is 1.55. The molecule has 2 aliphatic rings. The van der Waals surface area contributed by atoms with Crippen LogP contribution in [0.15, 0.2) is 18.2 Å². The highest BCUT2D eigenvalue weighted by molar-refractivity contribution is 7.80. The van der Waals surface area contributed by atoms with Gasteiger partial charge in [0.05, 0.1) is 14.2 Å². The van der Waals surface area contributed by atoms with Gasteiger partial charge < -0.3 is 29.3 Å². The van der Waals surface area contributed by atoms with Crippen LogP contribution < -0.4 is 14.8 Å². The van der Waals surface area contributed by atoms with Crippen LogP contribution in [-0.4, -0.2) is 73.9 Å². The third-order valence-corrected chi connectivity index (χ3v) is 5.08. The van der Waals surface area contributed by atoms with Crippen LogP contribution in [0.25, 0.3) is 0 Å². The largest absolute Gasteiger partial charge is 0.493 e. The van der Waals surface area contributed by atoms with Gasteiger partial charge in [-0.15, -0.1) is 0 Å². The minimum atomic E-state index is -0.251. The topological polar surface area (TPSA) is 63.3 Å². The number of anilines is 1. The lowest BCUT2D eigenvalue weighted by Crippen LogP contribution is -2.53. The maximum absolute atomic E-state index is 12.4. The Labute approximate surface area is 159 Å². The molecule has 0 aliphatic carbocycles. The lowest BCUT2D eigenvalue weighted by atomic mass is 10.2. The zero-order valence-electron chi connectivity index (χ0n) is 15.2. The number of amides is 1. The second kappa shape index (κ2) is 8.55. The molecule has 0 radical (unpaired) electrons. The Kier molecular flexibility index (Phi) is 6.16. The van der Waals surface area contributed by atoms with Crippen molar-refractivity contribution in [1.82, 2.24) is 9.80 Å². The molecule has 1 aromatic carbocycles. The zero-order chi connectivity index (χ0) is 18.5. The van der Waals surface area contributed by atoms with E-state index >= 15 is 0 Å². The fourth-order valence-electron chi connectivity index (χ4n) is 3.22. The van der Waals surface area contributed by atoms with E-state index in [9.17, 15) is 4.79 Å². The van der Waals surface area contributed by atoms with Gasteiger partial charge in [-0.3, -0.25) is 4.79 Å². The Bertz CT molecular complexity index is 656. The minimum Gasteiger partial charge on any atom is -0.493 e. The minimum absolute atomic E-state index is 0.112. The summed E-state index contributed by atoms with van der Waals surface area (Å²) in [5.74, 6) is 1.43. The van der Waals surface area contributed by atoms with Gasteiger partial charge >= 0.3 is 0 Å². The Morgan fingerprint density at radius 3 is 2.46 bits per heavy atom. The van der Waals surface area contributed by atoms with Crippen LogP contribution in [0.2, 0.25) is 0 Å². The van der Waals surface area contributed by atoms with Crippen LogP contribution in [0.5, 0.6) is 11.5 Å². The SMILES string of the molecule is COc1ccc(NC(=S)N2CCN(C(=O)[C@@H]3CCCO3)CC2)cc1OC. The standard InChI is InChI=1S/C18H25N3O4S/c1-23-14-6-5-13(12-16(14)24-2)19-18(26)21-9-7-20(8-10-21)17(22)15-4-3-11-25-15/h5-6,12,15H,3-4,7-11H2,1-2H3,(H,19,26)/t15-/m0/s1. The molecule has 1 N–H and O–H groups in total. The van der Waals surface area contributed by atoms with Crippen LogP contribution in [0.4, 0.5) is 5.69 Å². The average Bonchev–Trinajstić information content (AvgIpc) is 3.22. The number of benzene rings is 1. The van der Waals surface area contributed by atoms with Crippen LogP contribution >= 0.6 is 12.2 Å². The first-order valence-electron chi connectivity index (χ1n) is 8.80. The van der Waals surface area contributed by atoms with Crippen molar-refractivity contribution in [3.8, 4) is 11.5 Å². The number of nitrogens with zero attached hydrogens (tertiary/aromatic N) is 2. The number of methoxy groups -OCH3 is 2. The van der Waals surface area contributed by atoms with Gasteiger partial charge in [-0.25, -0.2) is 0 Å². The van der Waals surface area contributed by atoms with Crippen molar-refractivity contribution < 1.29 is 19.0 Å². The number of hydrogen-bond donors (Lipinski definition) is 1. The van der Waals surface area contributed by atoms with E-state index < -0.39 is 0 Å². The lowest BCUT2D eigenvalue weighted by molar-refractivity contribution is -0.142. The first-order chi connectivity index (χ1) is 12.6. The molecule has 8 heteroatoms. The number of rotatable bonds is 4. The van der Waals surface area contributed by atoms with Crippen molar-refractivity contribution in [2.75, 3.05) is 52.3 Å². The molecule has 0 spiro atoms. The molecule has 2 aliphatic heterocycles. The van der Waals surface area contributed by atoms with Crippen LogP contribution in [0.3, 0.4) is 0 Å². The highest BCUT2D eigenvalue weighted by Crippen LogP contribution is 2.29. The summed E-state index contributed by atoms with van der Waals surface area (Å²) in [5.41, 5.74) is 0.838. The maximum Gasteiger partial charge on any atom is 0.251 e. The molecule has 0 unspecified atom stereocenters. The Hall–Kier alpha value is -2.06. The highest BCUT2D eigenvalue weighted by Gasteiger charge is 2.30. The van der Waals surface area contributed by atoms with Crippen molar-refractivity contribution in [3.05, 3.63) is 18.2 Å². The molecule has 1 amide bonds. The van der Waals surface area contributed by atoms with Gasteiger partial charge in [-0.05, 0) is 37.2 Å². The van der Waals surface area contributed by atoms with Crippen LogP contribution in [0, 0.1) is 0 Å². The van der Waals surface area contributed by atoms with Gasteiger partial charge in [-0.1, -0.05) is 0 Å². The predicted octanol–water partition coefficient (Wildman–Crippen LogP) is 1.72. The van der Waals surface area contributed by atoms with Crippen LogP contribution in [0.1, 0.15) is 12.8 Å². The molecule has 2 fully saturated rings. The van der Waals surface area contributed by atoms with Crippen LogP contribution in [-0.2, 0) is 9.53 Å². The Morgan fingerprint density at radius 2 is 1.85 bits per heavy atom. The second-order valence-electron chi connectivity index (χ2n) is 6.31. The van der Waals surface area contributed by atoms with E-state index in [1.807, 2.05) is 23.1 Å². The molecule has 0 saturated carbocycles. The maximum atomic E-state index is 12.4. The van der Waals surface area contributed by atoms with Crippen molar-refractivity contribution in [3.63, 3.8) is 0 Å². The summed E-state index contributed by atoms with van der Waals surface area (Å²) in [6.45, 7) is 3.42. The molecule has 1 atom stereocenters. The summed E-state index contributed by atoms with van der Waals surface area (Å²) in [6, 6.07) is 5.58. The molecular formula is C18H25N3O4S. The first-order valence-corrected chi connectivity index (χ1v) is 9.21. The van der Waals surface area contributed by atoms with Gasteiger partial charge in [-0.2, -0.15) is 0 Å². The predicted molar refractivity (Wildman–Crippen MR) is 103 cm³/mol. The molecule has 2 heterocycles. The van der Waals surface area contributed by atoms with Gasteiger partial charge in [0.1, 0.15) is 6.10 Å². The van der Waals surface area contributed by atoms with Gasteiger partial charge in [0.15, 0.2) is 16.6 Å². The first kappa shape index (κ1) is 18.7. The van der Waals surface area contributed by atoms with E-state index in [1.165, 1.54) is 0 Å². The molecule has 3 rings (SSSR count). The number of thiocarbonyl (C=S) groups is 1. The Morgan fingerprint density at radius 1 is 1.15 bits per heavy atom. The molecule has 0 aromatic heterocycles. The van der Waals surface area contributed by atoms with Crippen molar-refractivity contribution in [2.45, 2.75) is 18.9 Å². The third kappa shape index (κ3) is 4.19. The number of hydrogen-bond acceptors (Lipinski definition) is 5. The molecule has 142 valence electrons. The van der Waals surface area contributed by atoms with E-state index in [2.05, 4.69) is 10.2 Å². The van der Waals surface area contributed by atoms with E-state index in [0.717, 1.165) is 18.5 Å². The average molecular weight is 379 g/mol. The third-order valence-electron chi connectivity index (χ3n) is 4.72.